The lowest BCUT2D eigenvalue weighted by atomic mass is 9.94. The van der Waals surface area contributed by atoms with E-state index in [1.807, 2.05) is 0 Å². The molecule has 0 N–H and O–H groups in total. The van der Waals surface area contributed by atoms with E-state index in [0.717, 1.165) is 12.8 Å². The summed E-state index contributed by atoms with van der Waals surface area (Å²) in [5, 5.41) is 0. The maximum Gasteiger partial charge on any atom is 0.0841 e. The summed E-state index contributed by atoms with van der Waals surface area (Å²) in [6.07, 6.45) is 8.79. The van der Waals surface area contributed by atoms with Gasteiger partial charge in [-0.15, -0.1) is 13.2 Å². The van der Waals surface area contributed by atoms with Crippen LogP contribution < -0.4 is 0 Å². The van der Waals surface area contributed by atoms with Gasteiger partial charge < -0.3 is 9.47 Å². The zero-order valence-corrected chi connectivity index (χ0v) is 8.78. The normalized spacial score (nSPS) is 27.1. The first kappa shape index (κ1) is 11.5. The van der Waals surface area contributed by atoms with Crippen LogP contribution in [0.2, 0.25) is 0 Å². The number of hydrogen-bond acceptors (Lipinski definition) is 2. The monoisotopic (exact) mass is 196 g/mol. The summed E-state index contributed by atoms with van der Waals surface area (Å²) in [5.41, 5.74) is 0. The van der Waals surface area contributed by atoms with E-state index in [1.54, 1.807) is 12.2 Å². The van der Waals surface area contributed by atoms with Crippen LogP contribution in [0, 0.1) is 0 Å². The molecule has 0 heterocycles. The van der Waals surface area contributed by atoms with E-state index in [1.165, 1.54) is 12.8 Å². The molecule has 0 amide bonds. The maximum absolute atomic E-state index is 5.66. The Morgan fingerprint density at radius 2 is 1.36 bits per heavy atom. The van der Waals surface area contributed by atoms with Crippen molar-refractivity contribution in [2.45, 2.75) is 37.9 Å². The van der Waals surface area contributed by atoms with Crippen molar-refractivity contribution >= 4 is 0 Å². The standard InChI is InChI=1S/C12H20O2/c1-3-9-13-11-7-5-6-8-12(11)14-10-4-2/h3-4,11-12H,1-2,5-10H2/t11-,12-/m0/s1. The third-order valence-electron chi connectivity index (χ3n) is 2.50. The maximum atomic E-state index is 5.66. The molecule has 80 valence electrons. The van der Waals surface area contributed by atoms with E-state index >= 15 is 0 Å². The lowest BCUT2D eigenvalue weighted by molar-refractivity contribution is -0.0782. The minimum Gasteiger partial charge on any atom is -0.371 e. The Bertz CT molecular complexity index is 157. The topological polar surface area (TPSA) is 18.5 Å². The van der Waals surface area contributed by atoms with Gasteiger partial charge in [-0.1, -0.05) is 25.0 Å². The highest BCUT2D eigenvalue weighted by Gasteiger charge is 2.25. The number of rotatable bonds is 6. The average Bonchev–Trinajstić information content (AvgIpc) is 2.24. The molecule has 1 saturated carbocycles. The van der Waals surface area contributed by atoms with Crippen molar-refractivity contribution in [1.82, 2.24) is 0 Å². The van der Waals surface area contributed by atoms with E-state index in [9.17, 15) is 0 Å². The van der Waals surface area contributed by atoms with Crippen molar-refractivity contribution in [3.63, 3.8) is 0 Å². The van der Waals surface area contributed by atoms with E-state index in [2.05, 4.69) is 13.2 Å². The van der Waals surface area contributed by atoms with Crippen LogP contribution in [0.15, 0.2) is 25.3 Å². The highest BCUT2D eigenvalue weighted by molar-refractivity contribution is 4.79. The fraction of sp³-hybridized carbons (Fsp3) is 0.667. The van der Waals surface area contributed by atoms with Crippen LogP contribution in [0.4, 0.5) is 0 Å². The molecule has 2 atom stereocenters. The second-order valence-electron chi connectivity index (χ2n) is 3.61. The SMILES string of the molecule is C=CCO[C@H]1CCCC[C@@H]1OCC=C. The van der Waals surface area contributed by atoms with Gasteiger partial charge in [0.2, 0.25) is 0 Å². The summed E-state index contributed by atoms with van der Waals surface area (Å²) in [4.78, 5) is 0. The Hall–Kier alpha value is -0.600. The van der Waals surface area contributed by atoms with Gasteiger partial charge in [-0.05, 0) is 12.8 Å². The van der Waals surface area contributed by atoms with Gasteiger partial charge in [0.25, 0.3) is 0 Å². The molecule has 1 aliphatic carbocycles. The number of ether oxygens (including phenoxy) is 2. The van der Waals surface area contributed by atoms with Crippen molar-refractivity contribution in [2.24, 2.45) is 0 Å². The molecule has 2 heteroatoms. The van der Waals surface area contributed by atoms with Gasteiger partial charge in [0, 0.05) is 0 Å². The second kappa shape index (κ2) is 6.80. The van der Waals surface area contributed by atoms with Crippen molar-refractivity contribution in [2.75, 3.05) is 13.2 Å². The molecule has 2 nitrogen and oxygen atoms in total. The van der Waals surface area contributed by atoms with Gasteiger partial charge >= 0.3 is 0 Å². The summed E-state index contributed by atoms with van der Waals surface area (Å²) in [7, 11) is 0. The molecule has 0 aromatic rings. The van der Waals surface area contributed by atoms with E-state index in [4.69, 9.17) is 9.47 Å². The molecular formula is C12H20O2. The van der Waals surface area contributed by atoms with Crippen LogP contribution in [0.3, 0.4) is 0 Å². The Labute approximate surface area is 86.6 Å². The molecule has 1 aliphatic rings. The number of hydrogen-bond donors (Lipinski definition) is 0. The minimum atomic E-state index is 0.252. The molecule has 1 rings (SSSR count). The van der Waals surface area contributed by atoms with Crippen LogP contribution in [-0.4, -0.2) is 25.4 Å². The third-order valence-corrected chi connectivity index (χ3v) is 2.50. The molecule has 0 unspecified atom stereocenters. The summed E-state index contributed by atoms with van der Waals surface area (Å²) in [5.74, 6) is 0. The molecule has 0 aliphatic heterocycles. The first-order valence-corrected chi connectivity index (χ1v) is 5.33. The highest BCUT2D eigenvalue weighted by Crippen LogP contribution is 2.23. The molecule has 0 spiro atoms. The van der Waals surface area contributed by atoms with Gasteiger partial charge in [0.1, 0.15) is 0 Å². The predicted molar refractivity (Wildman–Crippen MR) is 58.3 cm³/mol. The predicted octanol–water partition coefficient (Wildman–Crippen LogP) is 2.70. The molecule has 0 radical (unpaired) electrons. The second-order valence-corrected chi connectivity index (χ2v) is 3.61. The first-order valence-electron chi connectivity index (χ1n) is 5.33. The molecule has 1 fully saturated rings. The van der Waals surface area contributed by atoms with Crippen molar-refractivity contribution < 1.29 is 9.47 Å². The lowest BCUT2D eigenvalue weighted by Crippen LogP contribution is -2.34. The molecule has 14 heavy (non-hydrogen) atoms. The van der Waals surface area contributed by atoms with E-state index in [-0.39, 0.29) is 12.2 Å². The Morgan fingerprint density at radius 3 is 1.71 bits per heavy atom. The fourth-order valence-corrected chi connectivity index (χ4v) is 1.83. The minimum absolute atomic E-state index is 0.252. The Morgan fingerprint density at radius 1 is 0.929 bits per heavy atom. The molecule has 0 aromatic heterocycles. The molecule has 0 aromatic carbocycles. The summed E-state index contributed by atoms with van der Waals surface area (Å²) in [6.45, 7) is 8.55. The quantitative estimate of drug-likeness (QED) is 0.608. The van der Waals surface area contributed by atoms with Crippen LogP contribution in [-0.2, 0) is 9.47 Å². The van der Waals surface area contributed by atoms with Crippen LogP contribution in [0.5, 0.6) is 0 Å². The van der Waals surface area contributed by atoms with Gasteiger partial charge in [-0.2, -0.15) is 0 Å². The Kier molecular flexibility index (Phi) is 5.57. The lowest BCUT2D eigenvalue weighted by Gasteiger charge is -2.30. The van der Waals surface area contributed by atoms with Crippen LogP contribution in [0.1, 0.15) is 25.7 Å². The molecular weight excluding hydrogens is 176 g/mol. The van der Waals surface area contributed by atoms with Crippen LogP contribution in [0.25, 0.3) is 0 Å². The fourth-order valence-electron chi connectivity index (χ4n) is 1.83. The van der Waals surface area contributed by atoms with E-state index < -0.39 is 0 Å². The summed E-state index contributed by atoms with van der Waals surface area (Å²) in [6, 6.07) is 0. The molecule has 0 saturated heterocycles. The average molecular weight is 196 g/mol. The zero-order valence-electron chi connectivity index (χ0n) is 8.78. The largest absolute Gasteiger partial charge is 0.371 e. The third kappa shape index (κ3) is 3.64. The van der Waals surface area contributed by atoms with Gasteiger partial charge in [-0.25, -0.2) is 0 Å². The Balaban J connectivity index is 2.33. The van der Waals surface area contributed by atoms with Crippen molar-refractivity contribution in [3.05, 3.63) is 25.3 Å². The van der Waals surface area contributed by atoms with Crippen molar-refractivity contribution in [1.29, 1.82) is 0 Å². The van der Waals surface area contributed by atoms with Gasteiger partial charge in [-0.3, -0.25) is 0 Å². The first-order chi connectivity index (χ1) is 6.88. The molecule has 0 bridgehead atoms. The zero-order chi connectivity index (χ0) is 10.2. The summed E-state index contributed by atoms with van der Waals surface area (Å²) < 4.78 is 11.3. The van der Waals surface area contributed by atoms with Crippen LogP contribution >= 0.6 is 0 Å². The van der Waals surface area contributed by atoms with Crippen molar-refractivity contribution in [3.8, 4) is 0 Å². The van der Waals surface area contributed by atoms with E-state index in [0.29, 0.717) is 13.2 Å². The van der Waals surface area contributed by atoms with Gasteiger partial charge in [0.15, 0.2) is 0 Å². The smallest absolute Gasteiger partial charge is 0.0841 e. The van der Waals surface area contributed by atoms with Gasteiger partial charge in [0.05, 0.1) is 25.4 Å². The highest BCUT2D eigenvalue weighted by atomic mass is 16.5. The summed E-state index contributed by atoms with van der Waals surface area (Å²) >= 11 is 0.